The van der Waals surface area contributed by atoms with E-state index < -0.39 is 5.97 Å². The molecule has 4 rings (SSSR count). The number of furan rings is 1. The van der Waals surface area contributed by atoms with Gasteiger partial charge < -0.3 is 14.3 Å². The van der Waals surface area contributed by atoms with Gasteiger partial charge in [0.15, 0.2) is 0 Å². The van der Waals surface area contributed by atoms with Crippen LogP contribution in [0.5, 0.6) is 5.75 Å². The van der Waals surface area contributed by atoms with Crippen molar-refractivity contribution in [2.75, 3.05) is 6.54 Å². The van der Waals surface area contributed by atoms with E-state index in [-0.39, 0.29) is 12.4 Å². The third-order valence-corrected chi connectivity index (χ3v) is 4.88. The Balaban J connectivity index is 1.31. The van der Waals surface area contributed by atoms with Crippen molar-refractivity contribution in [2.45, 2.75) is 25.6 Å². The lowest BCUT2D eigenvalue weighted by Crippen LogP contribution is -2.40. The maximum Gasteiger partial charge on any atom is 0.371 e. The lowest BCUT2D eigenvalue weighted by atomic mass is 9.94. The van der Waals surface area contributed by atoms with E-state index in [1.165, 1.54) is 23.6 Å². The Labute approximate surface area is 157 Å². The molecule has 0 radical (unpaired) electrons. The first kappa shape index (κ1) is 17.4. The van der Waals surface area contributed by atoms with Crippen LogP contribution in [0.4, 0.5) is 0 Å². The minimum Gasteiger partial charge on any atom is -0.486 e. The van der Waals surface area contributed by atoms with Gasteiger partial charge in [0.05, 0.1) is 0 Å². The highest BCUT2D eigenvalue weighted by atomic mass is 16.5. The number of ether oxygens (including phenoxy) is 1. The molecule has 0 unspecified atom stereocenters. The first-order valence-corrected chi connectivity index (χ1v) is 9.02. The van der Waals surface area contributed by atoms with E-state index in [0.29, 0.717) is 11.8 Å². The molecule has 1 aliphatic heterocycles. The van der Waals surface area contributed by atoms with Crippen LogP contribution in [0.15, 0.2) is 71.1 Å². The smallest absolute Gasteiger partial charge is 0.371 e. The Kier molecular flexibility index (Phi) is 4.94. The van der Waals surface area contributed by atoms with Crippen molar-refractivity contribution in [3.8, 4) is 5.75 Å². The number of likely N-dealkylation sites (tertiary alicyclic amines) is 1. The molecule has 5 heteroatoms. The SMILES string of the molecule is O=C(O)c1ccc(COc2ccc(CN3CC[C@H]3c3ccccc3)cc2)o1. The van der Waals surface area contributed by atoms with Gasteiger partial charge >= 0.3 is 5.97 Å². The molecule has 1 saturated heterocycles. The van der Waals surface area contributed by atoms with Gasteiger partial charge in [0, 0.05) is 19.1 Å². The van der Waals surface area contributed by atoms with Gasteiger partial charge in [-0.3, -0.25) is 4.90 Å². The predicted molar refractivity (Wildman–Crippen MR) is 101 cm³/mol. The van der Waals surface area contributed by atoms with E-state index in [2.05, 4.69) is 47.4 Å². The molecule has 1 aromatic heterocycles. The molecule has 138 valence electrons. The largest absolute Gasteiger partial charge is 0.486 e. The van der Waals surface area contributed by atoms with Crippen LogP contribution in [0.25, 0.3) is 0 Å². The van der Waals surface area contributed by atoms with Gasteiger partial charge in [-0.1, -0.05) is 42.5 Å². The lowest BCUT2D eigenvalue weighted by Gasteiger charge is -2.41. The number of carboxylic acids is 1. The topological polar surface area (TPSA) is 62.9 Å². The number of benzene rings is 2. The highest BCUT2D eigenvalue weighted by molar-refractivity contribution is 5.84. The van der Waals surface area contributed by atoms with Crippen LogP contribution in [0.3, 0.4) is 0 Å². The van der Waals surface area contributed by atoms with Crippen molar-refractivity contribution in [1.29, 1.82) is 0 Å². The first-order valence-electron chi connectivity index (χ1n) is 9.02. The van der Waals surface area contributed by atoms with Crippen molar-refractivity contribution in [1.82, 2.24) is 4.90 Å². The second-order valence-electron chi connectivity index (χ2n) is 6.69. The Morgan fingerprint density at radius 2 is 1.85 bits per heavy atom. The third kappa shape index (κ3) is 4.04. The second kappa shape index (κ2) is 7.68. The van der Waals surface area contributed by atoms with Crippen molar-refractivity contribution in [3.05, 3.63) is 89.4 Å². The molecule has 0 aliphatic carbocycles. The van der Waals surface area contributed by atoms with Crippen molar-refractivity contribution >= 4 is 5.97 Å². The van der Waals surface area contributed by atoms with Crippen LogP contribution in [0.1, 0.15) is 39.9 Å². The summed E-state index contributed by atoms with van der Waals surface area (Å²) in [7, 11) is 0. The van der Waals surface area contributed by atoms with Crippen molar-refractivity contribution in [2.24, 2.45) is 0 Å². The molecule has 0 amide bonds. The van der Waals surface area contributed by atoms with Crippen LogP contribution < -0.4 is 4.74 Å². The highest BCUT2D eigenvalue weighted by Gasteiger charge is 2.28. The summed E-state index contributed by atoms with van der Waals surface area (Å²) in [5, 5.41) is 8.86. The number of nitrogens with zero attached hydrogens (tertiary/aromatic N) is 1. The van der Waals surface area contributed by atoms with E-state index in [1.807, 2.05) is 12.1 Å². The van der Waals surface area contributed by atoms with Gasteiger partial charge in [-0.25, -0.2) is 4.79 Å². The molecule has 1 aliphatic rings. The van der Waals surface area contributed by atoms with Crippen LogP contribution in [-0.2, 0) is 13.2 Å². The summed E-state index contributed by atoms with van der Waals surface area (Å²) < 4.78 is 10.9. The summed E-state index contributed by atoms with van der Waals surface area (Å²) in [6, 6.07) is 22.2. The van der Waals surface area contributed by atoms with E-state index in [1.54, 1.807) is 6.07 Å². The van der Waals surface area contributed by atoms with Crippen molar-refractivity contribution < 1.29 is 19.1 Å². The molecular weight excluding hydrogens is 342 g/mol. The summed E-state index contributed by atoms with van der Waals surface area (Å²) in [4.78, 5) is 13.3. The zero-order chi connectivity index (χ0) is 18.6. The van der Waals surface area contributed by atoms with Gasteiger partial charge in [0.1, 0.15) is 18.1 Å². The number of hydrogen-bond donors (Lipinski definition) is 1. The average molecular weight is 363 g/mol. The Bertz CT molecular complexity index is 902. The Morgan fingerprint density at radius 1 is 1.07 bits per heavy atom. The Hall–Kier alpha value is -3.05. The number of carboxylic acid groups (broad SMARTS) is 1. The van der Waals surface area contributed by atoms with Gasteiger partial charge in [0.2, 0.25) is 5.76 Å². The van der Waals surface area contributed by atoms with Gasteiger partial charge in [0.25, 0.3) is 0 Å². The fourth-order valence-electron chi connectivity index (χ4n) is 3.33. The predicted octanol–water partition coefficient (Wildman–Crippen LogP) is 4.50. The molecule has 1 N–H and O–H groups in total. The molecule has 2 aromatic carbocycles. The van der Waals surface area contributed by atoms with E-state index in [4.69, 9.17) is 14.3 Å². The van der Waals surface area contributed by atoms with Gasteiger partial charge in [-0.15, -0.1) is 0 Å². The third-order valence-electron chi connectivity index (χ3n) is 4.88. The van der Waals surface area contributed by atoms with E-state index >= 15 is 0 Å². The zero-order valence-electron chi connectivity index (χ0n) is 14.9. The molecule has 1 atom stereocenters. The molecule has 2 heterocycles. The number of hydrogen-bond acceptors (Lipinski definition) is 4. The van der Waals surface area contributed by atoms with E-state index in [0.717, 1.165) is 18.8 Å². The van der Waals surface area contributed by atoms with E-state index in [9.17, 15) is 4.79 Å². The first-order chi connectivity index (χ1) is 13.2. The number of aromatic carboxylic acids is 1. The molecule has 0 saturated carbocycles. The monoisotopic (exact) mass is 363 g/mol. The maximum atomic E-state index is 10.8. The van der Waals surface area contributed by atoms with Crippen LogP contribution in [0.2, 0.25) is 0 Å². The molecule has 27 heavy (non-hydrogen) atoms. The summed E-state index contributed by atoms with van der Waals surface area (Å²) in [5.74, 6) is 0.0647. The lowest BCUT2D eigenvalue weighted by molar-refractivity contribution is 0.0658. The fraction of sp³-hybridized carbons (Fsp3) is 0.227. The summed E-state index contributed by atoms with van der Waals surface area (Å²) in [6.07, 6.45) is 1.20. The minimum atomic E-state index is -1.08. The molecule has 5 nitrogen and oxygen atoms in total. The molecule has 0 spiro atoms. The van der Waals surface area contributed by atoms with Gasteiger partial charge in [-0.2, -0.15) is 0 Å². The molecule has 3 aromatic rings. The summed E-state index contributed by atoms with van der Waals surface area (Å²) >= 11 is 0. The van der Waals surface area contributed by atoms with Crippen molar-refractivity contribution in [3.63, 3.8) is 0 Å². The molecule has 1 fully saturated rings. The quantitative estimate of drug-likeness (QED) is 0.669. The number of carbonyl (C=O) groups is 1. The minimum absolute atomic E-state index is 0.0773. The zero-order valence-corrected chi connectivity index (χ0v) is 14.9. The average Bonchev–Trinajstić information content (AvgIpc) is 3.15. The molecule has 0 bridgehead atoms. The fourth-order valence-corrected chi connectivity index (χ4v) is 3.33. The summed E-state index contributed by atoms with van der Waals surface area (Å²) in [5.41, 5.74) is 2.62. The van der Waals surface area contributed by atoms with Crippen LogP contribution >= 0.6 is 0 Å². The standard InChI is InChI=1S/C22H21NO4/c24-22(25)21-11-10-19(27-21)15-26-18-8-6-16(7-9-18)14-23-13-12-20(23)17-4-2-1-3-5-17/h1-11,20H,12-15H2,(H,24,25)/t20-/m0/s1. The normalized spacial score (nSPS) is 16.7. The second-order valence-corrected chi connectivity index (χ2v) is 6.69. The highest BCUT2D eigenvalue weighted by Crippen LogP contribution is 2.34. The molecular formula is C22H21NO4. The Morgan fingerprint density at radius 3 is 2.48 bits per heavy atom. The van der Waals surface area contributed by atoms with Crippen LogP contribution in [-0.4, -0.2) is 22.5 Å². The number of rotatable bonds is 7. The van der Waals surface area contributed by atoms with Crippen LogP contribution in [0, 0.1) is 0 Å². The summed E-state index contributed by atoms with van der Waals surface area (Å²) in [6.45, 7) is 2.23. The van der Waals surface area contributed by atoms with Gasteiger partial charge in [-0.05, 0) is 41.8 Å². The maximum absolute atomic E-state index is 10.8.